The highest BCUT2D eigenvalue weighted by atomic mass is 35.5. The first-order chi connectivity index (χ1) is 11.3. The fourth-order valence-corrected chi connectivity index (χ4v) is 3.75. The van der Waals surface area contributed by atoms with Crippen LogP contribution in [-0.4, -0.2) is 28.5 Å². The number of rotatable bonds is 4. The zero-order chi connectivity index (χ0) is 15.7. The zero-order valence-electron chi connectivity index (χ0n) is 14.0. The number of piperidine rings is 1. The molecular formula is C18H24Cl2N4O. The summed E-state index contributed by atoms with van der Waals surface area (Å²) in [7, 11) is 0. The van der Waals surface area contributed by atoms with Crippen molar-refractivity contribution in [1.82, 2.24) is 20.2 Å². The molecule has 1 saturated carbocycles. The van der Waals surface area contributed by atoms with Crippen LogP contribution in [0.3, 0.4) is 0 Å². The summed E-state index contributed by atoms with van der Waals surface area (Å²) in [5.74, 6) is 0.446. The Kier molecular flexibility index (Phi) is 6.49. The van der Waals surface area contributed by atoms with Crippen LogP contribution >= 0.6 is 24.8 Å². The first kappa shape index (κ1) is 19.8. The molecule has 1 atom stereocenters. The molecule has 136 valence electrons. The number of nitrogens with zero attached hydrogens (tertiary/aromatic N) is 2. The molecule has 2 fully saturated rings. The summed E-state index contributed by atoms with van der Waals surface area (Å²) < 4.78 is 1.97. The van der Waals surface area contributed by atoms with Crippen LogP contribution < -0.4 is 10.6 Å². The van der Waals surface area contributed by atoms with Gasteiger partial charge in [0.2, 0.25) is 5.91 Å². The normalized spacial score (nSPS) is 20.2. The van der Waals surface area contributed by atoms with Gasteiger partial charge in [0, 0.05) is 30.5 Å². The number of carbonyl (C=O) groups is 1. The van der Waals surface area contributed by atoms with Gasteiger partial charge in [0.15, 0.2) is 0 Å². The number of nitrogens with one attached hydrogen (secondary N) is 2. The predicted octanol–water partition coefficient (Wildman–Crippen LogP) is 2.72. The topological polar surface area (TPSA) is 59.0 Å². The Morgan fingerprint density at radius 1 is 1.32 bits per heavy atom. The number of hydrogen-bond donors (Lipinski definition) is 2. The van der Waals surface area contributed by atoms with Crippen molar-refractivity contribution in [2.24, 2.45) is 11.3 Å². The molecule has 0 bridgehead atoms. The van der Waals surface area contributed by atoms with Gasteiger partial charge in [-0.1, -0.05) is 12.1 Å². The molecule has 2 aliphatic rings. The van der Waals surface area contributed by atoms with Crippen LogP contribution in [0.5, 0.6) is 0 Å². The minimum Gasteiger partial charge on any atom is -0.352 e. The SMILES string of the molecule is Cl.Cl.O=C(NCc1cccc(-n2ccnc2)c1)C1CC12CCNCC2. The quantitative estimate of drug-likeness (QED) is 0.854. The van der Waals surface area contributed by atoms with Crippen molar-refractivity contribution in [3.05, 3.63) is 48.5 Å². The summed E-state index contributed by atoms with van der Waals surface area (Å²) in [4.78, 5) is 16.5. The summed E-state index contributed by atoms with van der Waals surface area (Å²) in [6, 6.07) is 8.20. The van der Waals surface area contributed by atoms with E-state index in [1.54, 1.807) is 12.5 Å². The Balaban J connectivity index is 0.00000113. The fraction of sp³-hybridized carbons (Fsp3) is 0.444. The molecule has 1 aliphatic heterocycles. The van der Waals surface area contributed by atoms with E-state index in [2.05, 4.69) is 21.7 Å². The molecule has 2 heterocycles. The summed E-state index contributed by atoms with van der Waals surface area (Å²) in [5, 5.41) is 6.50. The monoisotopic (exact) mass is 382 g/mol. The summed E-state index contributed by atoms with van der Waals surface area (Å²) >= 11 is 0. The van der Waals surface area contributed by atoms with E-state index in [4.69, 9.17) is 0 Å². The van der Waals surface area contributed by atoms with E-state index in [0.29, 0.717) is 12.0 Å². The zero-order valence-corrected chi connectivity index (χ0v) is 15.6. The van der Waals surface area contributed by atoms with Crippen LogP contribution in [0.15, 0.2) is 43.0 Å². The van der Waals surface area contributed by atoms with Crippen LogP contribution in [-0.2, 0) is 11.3 Å². The third-order valence-corrected chi connectivity index (χ3v) is 5.29. The van der Waals surface area contributed by atoms with Gasteiger partial charge in [-0.25, -0.2) is 4.98 Å². The van der Waals surface area contributed by atoms with Crippen molar-refractivity contribution < 1.29 is 4.79 Å². The maximum Gasteiger partial charge on any atom is 0.223 e. The molecule has 1 aromatic heterocycles. The van der Waals surface area contributed by atoms with Gasteiger partial charge in [-0.15, -0.1) is 24.8 Å². The minimum atomic E-state index is 0. The summed E-state index contributed by atoms with van der Waals surface area (Å²) in [6.07, 6.45) is 8.81. The second-order valence-corrected chi connectivity index (χ2v) is 6.73. The summed E-state index contributed by atoms with van der Waals surface area (Å²) in [5.41, 5.74) is 2.48. The van der Waals surface area contributed by atoms with Crippen LogP contribution in [0.4, 0.5) is 0 Å². The van der Waals surface area contributed by atoms with E-state index in [-0.39, 0.29) is 36.6 Å². The van der Waals surface area contributed by atoms with Crippen molar-refractivity contribution in [2.75, 3.05) is 13.1 Å². The first-order valence-corrected chi connectivity index (χ1v) is 8.33. The van der Waals surface area contributed by atoms with Gasteiger partial charge in [-0.2, -0.15) is 0 Å². The van der Waals surface area contributed by atoms with Crippen LogP contribution in [0.2, 0.25) is 0 Å². The Morgan fingerprint density at radius 3 is 2.84 bits per heavy atom. The largest absolute Gasteiger partial charge is 0.352 e. The third kappa shape index (κ3) is 4.17. The van der Waals surface area contributed by atoms with Gasteiger partial charge in [-0.3, -0.25) is 4.79 Å². The Hall–Kier alpha value is -1.56. The number of halogens is 2. The van der Waals surface area contributed by atoms with Crippen molar-refractivity contribution in [3.63, 3.8) is 0 Å². The third-order valence-electron chi connectivity index (χ3n) is 5.29. The minimum absolute atomic E-state index is 0. The number of aromatic nitrogens is 2. The van der Waals surface area contributed by atoms with Gasteiger partial charge in [0.1, 0.15) is 0 Å². The molecule has 2 N–H and O–H groups in total. The lowest BCUT2D eigenvalue weighted by molar-refractivity contribution is -0.123. The van der Waals surface area contributed by atoms with E-state index in [0.717, 1.165) is 43.6 Å². The van der Waals surface area contributed by atoms with E-state index < -0.39 is 0 Å². The number of imidazole rings is 1. The van der Waals surface area contributed by atoms with Crippen molar-refractivity contribution in [1.29, 1.82) is 0 Å². The molecule has 2 aromatic rings. The Labute approximate surface area is 160 Å². The average Bonchev–Trinajstić information content (AvgIpc) is 3.02. The summed E-state index contributed by atoms with van der Waals surface area (Å²) in [6.45, 7) is 2.69. The van der Waals surface area contributed by atoms with Gasteiger partial charge in [-0.05, 0) is 55.5 Å². The molecule has 5 nitrogen and oxygen atoms in total. The van der Waals surface area contributed by atoms with Crippen molar-refractivity contribution in [3.8, 4) is 5.69 Å². The number of hydrogen-bond acceptors (Lipinski definition) is 3. The number of amides is 1. The van der Waals surface area contributed by atoms with Gasteiger partial charge >= 0.3 is 0 Å². The molecule has 25 heavy (non-hydrogen) atoms. The molecule has 1 unspecified atom stereocenters. The highest BCUT2D eigenvalue weighted by Gasteiger charge is 2.57. The Morgan fingerprint density at radius 2 is 2.12 bits per heavy atom. The van der Waals surface area contributed by atoms with Crippen molar-refractivity contribution in [2.45, 2.75) is 25.8 Å². The van der Waals surface area contributed by atoms with E-state index >= 15 is 0 Å². The molecule has 1 spiro atoms. The maximum absolute atomic E-state index is 12.4. The second kappa shape index (κ2) is 8.21. The van der Waals surface area contributed by atoms with Crippen molar-refractivity contribution >= 4 is 30.7 Å². The molecular weight excluding hydrogens is 359 g/mol. The predicted molar refractivity (Wildman–Crippen MR) is 103 cm³/mol. The lowest BCUT2D eigenvalue weighted by Gasteiger charge is -2.23. The lowest BCUT2D eigenvalue weighted by Crippen LogP contribution is -2.33. The second-order valence-electron chi connectivity index (χ2n) is 6.73. The molecule has 1 saturated heterocycles. The van der Waals surface area contributed by atoms with Crippen LogP contribution in [0.25, 0.3) is 5.69 Å². The maximum atomic E-state index is 12.4. The van der Waals surface area contributed by atoms with E-state index in [1.807, 2.05) is 29.0 Å². The van der Waals surface area contributed by atoms with E-state index in [1.165, 1.54) is 0 Å². The standard InChI is InChI=1S/C18H22N4O.2ClH/c23-17(16-11-18(16)4-6-19-7-5-18)21-12-14-2-1-3-15(10-14)22-9-8-20-13-22;;/h1-3,8-10,13,16,19H,4-7,11-12H2,(H,21,23);2*1H. The highest BCUT2D eigenvalue weighted by Crippen LogP contribution is 2.58. The van der Waals surface area contributed by atoms with Gasteiger partial charge in [0.05, 0.1) is 6.33 Å². The molecule has 1 aromatic carbocycles. The van der Waals surface area contributed by atoms with Crippen LogP contribution in [0.1, 0.15) is 24.8 Å². The molecule has 4 rings (SSSR count). The average molecular weight is 383 g/mol. The van der Waals surface area contributed by atoms with E-state index in [9.17, 15) is 4.79 Å². The fourth-order valence-electron chi connectivity index (χ4n) is 3.75. The molecule has 1 aliphatic carbocycles. The lowest BCUT2D eigenvalue weighted by atomic mass is 9.92. The Bertz CT molecular complexity index is 699. The molecule has 0 radical (unpaired) electrons. The molecule has 7 heteroatoms. The first-order valence-electron chi connectivity index (χ1n) is 8.33. The molecule has 1 amide bonds. The van der Waals surface area contributed by atoms with Crippen LogP contribution in [0, 0.1) is 11.3 Å². The number of benzene rings is 1. The smallest absolute Gasteiger partial charge is 0.223 e. The number of carbonyl (C=O) groups excluding carboxylic acids is 1. The van der Waals surface area contributed by atoms with Gasteiger partial charge in [0.25, 0.3) is 0 Å². The van der Waals surface area contributed by atoms with Gasteiger partial charge < -0.3 is 15.2 Å². The highest BCUT2D eigenvalue weighted by molar-refractivity contribution is 5.85.